The number of hydrogen-bond acceptors (Lipinski definition) is 5. The van der Waals surface area contributed by atoms with Crippen LogP contribution in [0.5, 0.6) is 0 Å². The average Bonchev–Trinajstić information content (AvgIpc) is 2.47. The van der Waals surface area contributed by atoms with E-state index in [1.54, 1.807) is 24.3 Å². The first kappa shape index (κ1) is 14.9. The van der Waals surface area contributed by atoms with Crippen molar-refractivity contribution < 1.29 is 9.66 Å². The second kappa shape index (κ2) is 6.27. The smallest absolute Gasteiger partial charge is 0.283 e. The molecule has 21 heavy (non-hydrogen) atoms. The Bertz CT molecular complexity index is 717. The molecule has 0 heterocycles. The first-order chi connectivity index (χ1) is 9.99. The number of benzene rings is 2. The van der Waals surface area contributed by atoms with Crippen molar-refractivity contribution in [1.29, 1.82) is 10.8 Å². The third kappa shape index (κ3) is 3.51. The van der Waals surface area contributed by atoms with E-state index in [1.165, 1.54) is 18.2 Å². The van der Waals surface area contributed by atoms with Gasteiger partial charge in [-0.1, -0.05) is 18.2 Å². The maximum Gasteiger partial charge on any atom is 0.283 e. The van der Waals surface area contributed by atoms with Gasteiger partial charge in [-0.05, 0) is 40.2 Å². The lowest BCUT2D eigenvalue weighted by atomic mass is 10.2. The normalized spacial score (nSPS) is 9.95. The van der Waals surface area contributed by atoms with Crippen LogP contribution in [0.15, 0.2) is 53.0 Å². The van der Waals surface area contributed by atoms with Gasteiger partial charge in [-0.25, -0.2) is 0 Å². The predicted octanol–water partition coefficient (Wildman–Crippen LogP) is 3.72. The minimum atomic E-state index is -0.523. The fraction of sp³-hybridized carbons (Fsp3) is 0. The van der Waals surface area contributed by atoms with Gasteiger partial charge in [0, 0.05) is 17.2 Å². The van der Waals surface area contributed by atoms with Gasteiger partial charge < -0.3 is 4.74 Å². The minimum absolute atomic E-state index is 0.0929. The van der Waals surface area contributed by atoms with E-state index in [-0.39, 0.29) is 22.0 Å². The van der Waals surface area contributed by atoms with Crippen LogP contribution in [0.1, 0.15) is 11.1 Å². The maximum atomic E-state index is 10.7. The van der Waals surface area contributed by atoms with Crippen molar-refractivity contribution >= 4 is 33.4 Å². The van der Waals surface area contributed by atoms with Crippen molar-refractivity contribution in [3.8, 4) is 0 Å². The molecule has 0 spiro atoms. The third-order valence-electron chi connectivity index (χ3n) is 2.65. The van der Waals surface area contributed by atoms with E-state index in [0.717, 1.165) is 0 Å². The summed E-state index contributed by atoms with van der Waals surface area (Å²) < 4.78 is 5.41. The Kier molecular flexibility index (Phi) is 4.44. The van der Waals surface area contributed by atoms with E-state index in [9.17, 15) is 10.1 Å². The second-order valence-corrected chi connectivity index (χ2v) is 4.90. The van der Waals surface area contributed by atoms with Crippen LogP contribution in [0.2, 0.25) is 0 Å². The summed E-state index contributed by atoms with van der Waals surface area (Å²) in [6.45, 7) is 0. The maximum absolute atomic E-state index is 10.7. The number of halogens is 1. The lowest BCUT2D eigenvalue weighted by molar-refractivity contribution is -0.385. The highest BCUT2D eigenvalue weighted by Crippen LogP contribution is 2.25. The zero-order valence-corrected chi connectivity index (χ0v) is 12.3. The monoisotopic (exact) mass is 347 g/mol. The molecule has 2 rings (SSSR count). The number of nitro groups is 1. The van der Waals surface area contributed by atoms with Gasteiger partial charge in [0.15, 0.2) is 0 Å². The molecule has 7 heteroatoms. The molecule has 0 fully saturated rings. The van der Waals surface area contributed by atoms with Gasteiger partial charge in [0.2, 0.25) is 11.8 Å². The second-order valence-electron chi connectivity index (χ2n) is 4.05. The van der Waals surface area contributed by atoms with Crippen LogP contribution in [-0.2, 0) is 4.74 Å². The van der Waals surface area contributed by atoms with Crippen LogP contribution in [0, 0.1) is 20.9 Å². The summed E-state index contributed by atoms with van der Waals surface area (Å²) in [5.74, 6) is -0.408. The lowest BCUT2D eigenvalue weighted by Gasteiger charge is -2.08. The molecule has 0 amide bonds. The van der Waals surface area contributed by atoms with Crippen molar-refractivity contribution in [2.75, 3.05) is 0 Å². The van der Waals surface area contributed by atoms with Crippen LogP contribution < -0.4 is 0 Å². The molecule has 0 atom stereocenters. The number of nitrogens with one attached hydrogen (secondary N) is 2. The molecular weight excluding hydrogens is 338 g/mol. The fourth-order valence-electron chi connectivity index (χ4n) is 1.61. The molecule has 2 N–H and O–H groups in total. The molecule has 0 radical (unpaired) electrons. The Morgan fingerprint density at radius 1 is 1.05 bits per heavy atom. The van der Waals surface area contributed by atoms with Crippen molar-refractivity contribution in [3.63, 3.8) is 0 Å². The van der Waals surface area contributed by atoms with Gasteiger partial charge in [0.1, 0.15) is 0 Å². The molecule has 0 saturated carbocycles. The van der Waals surface area contributed by atoms with Crippen LogP contribution >= 0.6 is 15.9 Å². The van der Waals surface area contributed by atoms with Crippen LogP contribution in [-0.4, -0.2) is 16.7 Å². The van der Waals surface area contributed by atoms with Gasteiger partial charge in [0.25, 0.3) is 5.69 Å². The van der Waals surface area contributed by atoms with E-state index in [1.807, 2.05) is 6.07 Å². The number of hydrogen-bond donors (Lipinski definition) is 2. The molecule has 0 aliphatic heterocycles. The molecule has 2 aromatic rings. The topological polar surface area (TPSA) is 100 Å². The molecule has 0 saturated heterocycles. The summed E-state index contributed by atoms with van der Waals surface area (Å²) in [7, 11) is 0. The minimum Gasteiger partial charge on any atom is -0.421 e. The van der Waals surface area contributed by atoms with Gasteiger partial charge in [-0.3, -0.25) is 20.9 Å². The van der Waals surface area contributed by atoms with E-state index >= 15 is 0 Å². The number of rotatable bonds is 3. The molecule has 0 aromatic heterocycles. The molecule has 0 bridgehead atoms. The highest BCUT2D eigenvalue weighted by Gasteiger charge is 2.15. The van der Waals surface area contributed by atoms with Gasteiger partial charge in [-0.15, -0.1) is 0 Å². The van der Waals surface area contributed by atoms with Crippen LogP contribution in [0.4, 0.5) is 5.69 Å². The third-order valence-corrected chi connectivity index (χ3v) is 3.28. The fourth-order valence-corrected chi connectivity index (χ4v) is 2.13. The number of nitrogens with zero attached hydrogens (tertiary/aromatic N) is 1. The summed E-state index contributed by atoms with van der Waals surface area (Å²) in [6, 6.07) is 12.8. The Morgan fingerprint density at radius 2 is 1.67 bits per heavy atom. The van der Waals surface area contributed by atoms with Crippen molar-refractivity contribution in [1.82, 2.24) is 0 Å². The quantitative estimate of drug-likeness (QED) is 0.383. The molecule has 106 valence electrons. The standard InChI is InChI=1S/C14H10BrN3O3/c15-11-8-10(6-7-12(11)18(19)20)14(17)21-13(16)9-4-2-1-3-5-9/h1-8,16-17H. The Hall–Kier alpha value is -2.54. The molecule has 6 nitrogen and oxygen atoms in total. The van der Waals surface area contributed by atoms with E-state index in [0.29, 0.717) is 11.1 Å². The van der Waals surface area contributed by atoms with Crippen molar-refractivity contribution in [3.05, 3.63) is 74.2 Å². The summed E-state index contributed by atoms with van der Waals surface area (Å²) in [4.78, 5) is 10.2. The van der Waals surface area contributed by atoms with Crippen molar-refractivity contribution in [2.24, 2.45) is 0 Å². The highest BCUT2D eigenvalue weighted by molar-refractivity contribution is 9.10. The van der Waals surface area contributed by atoms with E-state index in [2.05, 4.69) is 15.9 Å². The number of ether oxygens (including phenoxy) is 1. The Balaban J connectivity index is 2.16. The van der Waals surface area contributed by atoms with Crippen molar-refractivity contribution in [2.45, 2.75) is 0 Å². The number of nitro benzene ring substituents is 1. The van der Waals surface area contributed by atoms with Gasteiger partial charge >= 0.3 is 0 Å². The van der Waals surface area contributed by atoms with E-state index < -0.39 is 4.92 Å². The zero-order chi connectivity index (χ0) is 15.4. The zero-order valence-electron chi connectivity index (χ0n) is 10.7. The van der Waals surface area contributed by atoms with E-state index in [4.69, 9.17) is 15.6 Å². The summed E-state index contributed by atoms with van der Waals surface area (Å²) in [5, 5.41) is 26.3. The molecule has 0 unspecified atom stereocenters. The molecular formula is C14H10BrN3O3. The summed E-state index contributed by atoms with van der Waals surface area (Å²) in [5.41, 5.74) is 0.793. The molecule has 0 aliphatic rings. The summed E-state index contributed by atoms with van der Waals surface area (Å²) in [6.07, 6.45) is 0. The van der Waals surface area contributed by atoms with Crippen LogP contribution in [0.25, 0.3) is 0 Å². The highest BCUT2D eigenvalue weighted by atomic mass is 79.9. The lowest BCUT2D eigenvalue weighted by Crippen LogP contribution is -2.13. The Morgan fingerprint density at radius 3 is 2.24 bits per heavy atom. The first-order valence-corrected chi connectivity index (χ1v) is 6.63. The van der Waals surface area contributed by atoms with Gasteiger partial charge in [0.05, 0.1) is 9.40 Å². The van der Waals surface area contributed by atoms with Crippen LogP contribution in [0.3, 0.4) is 0 Å². The largest absolute Gasteiger partial charge is 0.421 e. The average molecular weight is 348 g/mol. The first-order valence-electron chi connectivity index (χ1n) is 5.83. The molecule has 0 aliphatic carbocycles. The predicted molar refractivity (Wildman–Crippen MR) is 82.0 cm³/mol. The molecule has 2 aromatic carbocycles. The SMILES string of the molecule is N=C(OC(=N)c1ccc([N+](=O)[O-])c(Br)c1)c1ccccc1. The van der Waals surface area contributed by atoms with Gasteiger partial charge in [-0.2, -0.15) is 0 Å². The summed E-state index contributed by atoms with van der Waals surface area (Å²) >= 11 is 3.08. The Labute approximate surface area is 128 Å².